The van der Waals surface area contributed by atoms with Gasteiger partial charge in [0.15, 0.2) is 5.17 Å². The molecule has 0 aliphatic carbocycles. The number of carbonyl (C=O) groups is 2. The molecule has 0 unspecified atom stereocenters. The molecule has 1 fully saturated rings. The van der Waals surface area contributed by atoms with Crippen LogP contribution in [-0.4, -0.2) is 39.7 Å². The monoisotopic (exact) mass is 363 g/mol. The molecule has 0 saturated carbocycles. The molecule has 1 aliphatic rings. The van der Waals surface area contributed by atoms with Crippen LogP contribution in [0, 0.1) is 5.92 Å². The van der Waals surface area contributed by atoms with Gasteiger partial charge in [0.1, 0.15) is 11.0 Å². The predicted molar refractivity (Wildman–Crippen MR) is 98.2 cm³/mol. The number of carboxylic acid groups (broad SMARTS) is 1. The number of benzene rings is 1. The van der Waals surface area contributed by atoms with E-state index in [1.807, 2.05) is 31.2 Å². The molecule has 8 heteroatoms. The first-order valence-corrected chi connectivity index (χ1v) is 8.78. The molecular formula is C17H21N3O4S. The number of rotatable bonds is 7. The van der Waals surface area contributed by atoms with E-state index in [1.54, 1.807) is 0 Å². The van der Waals surface area contributed by atoms with Gasteiger partial charge in [-0.3, -0.25) is 9.59 Å². The van der Waals surface area contributed by atoms with Crippen LogP contribution in [0.1, 0.15) is 32.8 Å². The summed E-state index contributed by atoms with van der Waals surface area (Å²) in [5, 5.41) is 19.1. The Morgan fingerprint density at radius 3 is 2.64 bits per heavy atom. The lowest BCUT2D eigenvalue weighted by atomic mass is 10.1. The fourth-order valence-electron chi connectivity index (χ4n) is 1.98. The van der Waals surface area contributed by atoms with Crippen molar-refractivity contribution in [1.82, 2.24) is 5.32 Å². The van der Waals surface area contributed by atoms with Gasteiger partial charge in [-0.15, -0.1) is 5.10 Å². The smallest absolute Gasteiger partial charge is 0.305 e. The van der Waals surface area contributed by atoms with Gasteiger partial charge >= 0.3 is 5.97 Å². The Labute approximate surface area is 150 Å². The van der Waals surface area contributed by atoms with Gasteiger partial charge in [-0.1, -0.05) is 25.6 Å². The highest BCUT2D eigenvalue weighted by molar-refractivity contribution is 8.15. The summed E-state index contributed by atoms with van der Waals surface area (Å²) in [4.78, 5) is 22.3. The minimum atomic E-state index is -1.02. The number of amides is 1. The van der Waals surface area contributed by atoms with E-state index in [0.717, 1.165) is 23.1 Å². The minimum absolute atomic E-state index is 0.240. The zero-order valence-corrected chi connectivity index (χ0v) is 15.2. The van der Waals surface area contributed by atoms with E-state index in [9.17, 15) is 9.59 Å². The molecule has 2 rings (SSSR count). The number of hydrogen-bond donors (Lipinski definition) is 2. The maximum absolute atomic E-state index is 11.6. The molecule has 7 nitrogen and oxygen atoms in total. The van der Waals surface area contributed by atoms with Crippen LogP contribution in [0.3, 0.4) is 0 Å². The van der Waals surface area contributed by atoms with E-state index in [2.05, 4.69) is 29.4 Å². The summed E-state index contributed by atoms with van der Waals surface area (Å²) < 4.78 is 5.63. The topological polar surface area (TPSA) is 100 Å². The third kappa shape index (κ3) is 5.90. The first kappa shape index (κ1) is 19.0. The zero-order valence-electron chi connectivity index (χ0n) is 14.4. The number of hydrogen-bond acceptors (Lipinski definition) is 6. The summed E-state index contributed by atoms with van der Waals surface area (Å²) in [5.74, 6) is -0.117. The molecule has 1 atom stereocenters. The second-order valence-electron chi connectivity index (χ2n) is 6.01. The predicted octanol–water partition coefficient (Wildman–Crippen LogP) is 2.51. The number of carbonyl (C=O) groups excluding carboxylic acids is 1. The highest BCUT2D eigenvalue weighted by Gasteiger charge is 2.32. The van der Waals surface area contributed by atoms with Crippen molar-refractivity contribution in [3.63, 3.8) is 0 Å². The Bertz CT molecular complexity index is 698. The fourth-order valence-corrected chi connectivity index (χ4v) is 2.89. The van der Waals surface area contributed by atoms with Gasteiger partial charge in [0, 0.05) is 0 Å². The standard InChI is InChI=1S/C17H21N3O4S/c1-10(2)9-24-13-6-4-12(5-7-13)11(3)19-20-17-18-16(23)14(25-17)8-15(21)22/h4-7,10,14H,8-9H2,1-3H3,(H,21,22)(H,18,20,23)/t14-/m1/s1. The zero-order chi connectivity index (χ0) is 18.4. The Balaban J connectivity index is 1.99. The molecule has 1 amide bonds. The molecule has 1 heterocycles. The van der Waals surface area contributed by atoms with Gasteiger partial charge in [-0.2, -0.15) is 5.10 Å². The molecular weight excluding hydrogens is 342 g/mol. The van der Waals surface area contributed by atoms with E-state index in [1.165, 1.54) is 0 Å². The number of carboxylic acids is 1. The van der Waals surface area contributed by atoms with E-state index < -0.39 is 11.2 Å². The summed E-state index contributed by atoms with van der Waals surface area (Å²) in [6.45, 7) is 6.65. The third-order valence-electron chi connectivity index (χ3n) is 3.28. The van der Waals surface area contributed by atoms with Crippen molar-refractivity contribution in [2.24, 2.45) is 16.1 Å². The van der Waals surface area contributed by atoms with Crippen molar-refractivity contribution in [1.29, 1.82) is 0 Å². The Morgan fingerprint density at radius 2 is 2.04 bits per heavy atom. The molecule has 1 saturated heterocycles. The summed E-state index contributed by atoms with van der Waals surface area (Å²) in [6.07, 6.45) is -0.240. The summed E-state index contributed by atoms with van der Waals surface area (Å²) in [6, 6.07) is 7.53. The molecule has 0 spiro atoms. The fraction of sp³-hybridized carbons (Fsp3) is 0.412. The quantitative estimate of drug-likeness (QED) is 0.573. The average Bonchev–Trinajstić information content (AvgIpc) is 2.90. The van der Waals surface area contributed by atoms with Crippen molar-refractivity contribution in [3.8, 4) is 5.75 Å². The average molecular weight is 363 g/mol. The molecule has 2 N–H and O–H groups in total. The Kier molecular flexibility index (Phi) is 6.58. The van der Waals surface area contributed by atoms with E-state index in [-0.39, 0.29) is 12.3 Å². The maximum atomic E-state index is 11.6. The molecule has 0 radical (unpaired) electrons. The molecule has 0 aromatic heterocycles. The van der Waals surface area contributed by atoms with Crippen LogP contribution in [-0.2, 0) is 9.59 Å². The number of thioether (sulfide) groups is 1. The molecule has 1 aliphatic heterocycles. The van der Waals surface area contributed by atoms with Gasteiger partial charge in [0.2, 0.25) is 5.91 Å². The van der Waals surface area contributed by atoms with Crippen LogP contribution < -0.4 is 10.1 Å². The van der Waals surface area contributed by atoms with Crippen molar-refractivity contribution in [3.05, 3.63) is 29.8 Å². The van der Waals surface area contributed by atoms with Crippen LogP contribution in [0.5, 0.6) is 5.75 Å². The van der Waals surface area contributed by atoms with Crippen LogP contribution in [0.25, 0.3) is 0 Å². The Morgan fingerprint density at radius 1 is 1.36 bits per heavy atom. The van der Waals surface area contributed by atoms with Crippen LogP contribution in [0.4, 0.5) is 0 Å². The van der Waals surface area contributed by atoms with Crippen LogP contribution in [0.2, 0.25) is 0 Å². The highest BCUT2D eigenvalue weighted by Crippen LogP contribution is 2.22. The lowest BCUT2D eigenvalue weighted by molar-refractivity contribution is -0.138. The van der Waals surface area contributed by atoms with E-state index >= 15 is 0 Å². The van der Waals surface area contributed by atoms with Gasteiger partial charge in [0.25, 0.3) is 0 Å². The summed E-state index contributed by atoms with van der Waals surface area (Å²) >= 11 is 1.08. The highest BCUT2D eigenvalue weighted by atomic mass is 32.2. The minimum Gasteiger partial charge on any atom is -0.493 e. The van der Waals surface area contributed by atoms with Crippen molar-refractivity contribution in [2.75, 3.05) is 6.61 Å². The van der Waals surface area contributed by atoms with Gasteiger partial charge < -0.3 is 15.2 Å². The molecule has 1 aromatic carbocycles. The second-order valence-corrected chi connectivity index (χ2v) is 7.20. The number of nitrogens with one attached hydrogen (secondary N) is 1. The number of aliphatic carboxylic acids is 1. The lowest BCUT2D eigenvalue weighted by Gasteiger charge is -2.08. The van der Waals surface area contributed by atoms with Crippen molar-refractivity contribution in [2.45, 2.75) is 32.4 Å². The summed E-state index contributed by atoms with van der Waals surface area (Å²) in [5.41, 5.74) is 1.57. The van der Waals surface area contributed by atoms with E-state index in [0.29, 0.717) is 23.4 Å². The normalized spacial score (nSPS) is 19.4. The second kappa shape index (κ2) is 8.66. The number of nitrogens with zero attached hydrogens (tertiary/aromatic N) is 2. The van der Waals surface area contributed by atoms with Crippen molar-refractivity contribution >= 4 is 34.5 Å². The van der Waals surface area contributed by atoms with E-state index in [4.69, 9.17) is 9.84 Å². The molecule has 25 heavy (non-hydrogen) atoms. The largest absolute Gasteiger partial charge is 0.493 e. The molecule has 1 aromatic rings. The lowest BCUT2D eigenvalue weighted by Crippen LogP contribution is -2.26. The van der Waals surface area contributed by atoms with Gasteiger partial charge in [-0.05, 0) is 42.7 Å². The van der Waals surface area contributed by atoms with Crippen LogP contribution in [0.15, 0.2) is 34.5 Å². The van der Waals surface area contributed by atoms with Gasteiger partial charge in [0.05, 0.1) is 18.7 Å². The number of amidine groups is 1. The third-order valence-corrected chi connectivity index (χ3v) is 4.35. The molecule has 134 valence electrons. The SMILES string of the molecule is CC(=NN=C1NC(=O)[C@@H](CC(=O)O)S1)c1ccc(OCC(C)C)cc1. The number of ether oxygens (including phenoxy) is 1. The Hall–Kier alpha value is -2.35. The van der Waals surface area contributed by atoms with Gasteiger partial charge in [-0.25, -0.2) is 0 Å². The van der Waals surface area contributed by atoms with Crippen molar-refractivity contribution < 1.29 is 19.4 Å². The first-order chi connectivity index (χ1) is 11.8. The van der Waals surface area contributed by atoms with Crippen LogP contribution >= 0.6 is 11.8 Å². The first-order valence-electron chi connectivity index (χ1n) is 7.90. The summed E-state index contributed by atoms with van der Waals surface area (Å²) in [7, 11) is 0. The maximum Gasteiger partial charge on any atom is 0.305 e. The molecule has 0 bridgehead atoms.